The molecule has 1 aromatic carbocycles. The Kier molecular flexibility index (Phi) is 3.81. The lowest BCUT2D eigenvalue weighted by molar-refractivity contribution is -0.153. The molecule has 2 saturated heterocycles. The molecule has 0 spiro atoms. The van der Waals surface area contributed by atoms with E-state index in [4.69, 9.17) is 14.2 Å². The van der Waals surface area contributed by atoms with Gasteiger partial charge < -0.3 is 19.3 Å². The molecule has 0 aliphatic carbocycles. The van der Waals surface area contributed by atoms with E-state index in [2.05, 4.69) is 0 Å². The smallest absolute Gasteiger partial charge is 0.164 e. The molecule has 20 heavy (non-hydrogen) atoms. The molecule has 110 valence electrons. The minimum atomic E-state index is -0.705. The molecule has 0 radical (unpaired) electrons. The maximum atomic E-state index is 10.5. The lowest BCUT2D eigenvalue weighted by Gasteiger charge is -2.38. The molecule has 5 heteroatoms. The zero-order chi connectivity index (χ0) is 14.3. The van der Waals surface area contributed by atoms with Crippen LogP contribution in [0.4, 0.5) is 0 Å². The molecule has 2 aliphatic rings. The quantitative estimate of drug-likeness (QED) is 0.908. The lowest BCUT2D eigenvalue weighted by Crippen LogP contribution is -2.54. The molecule has 4 nitrogen and oxygen atoms in total. The number of hydrogen-bond donors (Lipinski definition) is 1. The van der Waals surface area contributed by atoms with Crippen molar-refractivity contribution < 1.29 is 19.3 Å². The van der Waals surface area contributed by atoms with Gasteiger partial charge in [-0.3, -0.25) is 0 Å². The molecule has 2 aliphatic heterocycles. The summed E-state index contributed by atoms with van der Waals surface area (Å²) in [5.41, 5.74) is -0.342. The molecule has 3 rings (SSSR count). The zero-order valence-electron chi connectivity index (χ0n) is 11.9. The Morgan fingerprint density at radius 3 is 2.45 bits per heavy atom. The molecule has 0 saturated carbocycles. The number of benzene rings is 1. The Hall–Kier alpha value is -0.590. The second-order valence-electron chi connectivity index (χ2n) is 5.70. The average Bonchev–Trinajstić information content (AvgIpc) is 2.74. The van der Waals surface area contributed by atoms with Crippen molar-refractivity contribution in [1.82, 2.24) is 0 Å². The second-order valence-corrected chi connectivity index (χ2v) is 6.87. The number of ether oxygens (including phenoxy) is 3. The fourth-order valence-electron chi connectivity index (χ4n) is 2.70. The van der Waals surface area contributed by atoms with E-state index >= 15 is 0 Å². The van der Waals surface area contributed by atoms with Gasteiger partial charge in [0.25, 0.3) is 0 Å². The standard InChI is InChI=1S/C15H20O4S/c1-9-12-13(19-15(2,3)18-12)11(16)14(17-9)20-10-7-5-4-6-8-10/h4-9,11-14,16H,1-3H3/t9?,11?,12-,13-,14-/m1/s1. The SMILES string of the molecule is CC1O[C@H](Sc2ccccc2)C(O)[C@H]2OC(C)(C)O[C@H]12. The van der Waals surface area contributed by atoms with Crippen LogP contribution in [0.2, 0.25) is 0 Å². The molecule has 1 N–H and O–H groups in total. The minimum absolute atomic E-state index is 0.105. The van der Waals surface area contributed by atoms with Gasteiger partial charge in [-0.2, -0.15) is 0 Å². The van der Waals surface area contributed by atoms with Crippen LogP contribution in [0.1, 0.15) is 20.8 Å². The number of hydrogen-bond acceptors (Lipinski definition) is 5. The Balaban J connectivity index is 1.75. The molecule has 5 atom stereocenters. The summed E-state index contributed by atoms with van der Waals surface area (Å²) in [5.74, 6) is -0.666. The highest BCUT2D eigenvalue weighted by molar-refractivity contribution is 7.99. The van der Waals surface area contributed by atoms with Gasteiger partial charge in [-0.15, -0.1) is 0 Å². The molecular weight excluding hydrogens is 276 g/mol. The topological polar surface area (TPSA) is 47.9 Å². The van der Waals surface area contributed by atoms with Gasteiger partial charge in [-0.05, 0) is 32.9 Å². The van der Waals surface area contributed by atoms with Gasteiger partial charge in [-0.25, -0.2) is 0 Å². The monoisotopic (exact) mass is 296 g/mol. The van der Waals surface area contributed by atoms with Gasteiger partial charge >= 0.3 is 0 Å². The summed E-state index contributed by atoms with van der Waals surface area (Å²) in [6.07, 6.45) is -1.36. The summed E-state index contributed by atoms with van der Waals surface area (Å²) in [6.45, 7) is 5.70. The van der Waals surface area contributed by atoms with Crippen molar-refractivity contribution in [2.24, 2.45) is 0 Å². The third-order valence-electron chi connectivity index (χ3n) is 3.59. The van der Waals surface area contributed by atoms with Crippen LogP contribution in [-0.2, 0) is 14.2 Å². The third kappa shape index (κ3) is 2.73. The average molecular weight is 296 g/mol. The van der Waals surface area contributed by atoms with E-state index in [1.807, 2.05) is 51.1 Å². The normalized spacial score (nSPS) is 39.5. The Morgan fingerprint density at radius 2 is 1.75 bits per heavy atom. The van der Waals surface area contributed by atoms with E-state index in [0.717, 1.165) is 4.90 Å². The van der Waals surface area contributed by atoms with Crippen LogP contribution >= 0.6 is 11.8 Å². The highest BCUT2D eigenvalue weighted by atomic mass is 32.2. The van der Waals surface area contributed by atoms with Crippen LogP contribution < -0.4 is 0 Å². The first-order chi connectivity index (χ1) is 9.46. The Labute approximate surface area is 123 Å². The highest BCUT2D eigenvalue weighted by Crippen LogP contribution is 2.41. The summed E-state index contributed by atoms with van der Waals surface area (Å²) >= 11 is 1.52. The number of fused-ring (bicyclic) bond motifs is 1. The molecule has 0 aromatic heterocycles. The summed E-state index contributed by atoms with van der Waals surface area (Å²) in [5, 5.41) is 10.5. The summed E-state index contributed by atoms with van der Waals surface area (Å²) in [4.78, 5) is 1.07. The number of rotatable bonds is 2. The molecule has 2 unspecified atom stereocenters. The Bertz CT molecular complexity index is 464. The van der Waals surface area contributed by atoms with Crippen molar-refractivity contribution in [1.29, 1.82) is 0 Å². The van der Waals surface area contributed by atoms with Gasteiger partial charge in [0, 0.05) is 4.90 Å². The molecule has 1 aromatic rings. The maximum Gasteiger partial charge on any atom is 0.164 e. The fraction of sp³-hybridized carbons (Fsp3) is 0.600. The molecular formula is C15H20O4S. The summed E-state index contributed by atoms with van der Waals surface area (Å²) in [6, 6.07) is 9.93. The van der Waals surface area contributed by atoms with E-state index < -0.39 is 11.9 Å². The van der Waals surface area contributed by atoms with E-state index in [0.29, 0.717) is 0 Å². The van der Waals surface area contributed by atoms with Gasteiger partial charge in [0.2, 0.25) is 0 Å². The maximum absolute atomic E-state index is 10.5. The lowest BCUT2D eigenvalue weighted by atomic mass is 10.0. The number of thioether (sulfide) groups is 1. The van der Waals surface area contributed by atoms with Crippen molar-refractivity contribution in [3.63, 3.8) is 0 Å². The fourth-order valence-corrected chi connectivity index (χ4v) is 3.81. The van der Waals surface area contributed by atoms with Crippen molar-refractivity contribution in [2.45, 2.75) is 61.3 Å². The van der Waals surface area contributed by atoms with Gasteiger partial charge in [0.05, 0.1) is 6.10 Å². The van der Waals surface area contributed by atoms with Crippen LogP contribution in [0, 0.1) is 0 Å². The van der Waals surface area contributed by atoms with Crippen LogP contribution in [-0.4, -0.2) is 40.7 Å². The number of aliphatic hydroxyl groups is 1. The second kappa shape index (κ2) is 5.31. The first kappa shape index (κ1) is 14.4. The van der Waals surface area contributed by atoms with Gasteiger partial charge in [0.1, 0.15) is 23.7 Å². The van der Waals surface area contributed by atoms with Crippen LogP contribution in [0.15, 0.2) is 35.2 Å². The van der Waals surface area contributed by atoms with Gasteiger partial charge in [-0.1, -0.05) is 30.0 Å². The Morgan fingerprint density at radius 1 is 1.10 bits per heavy atom. The molecule has 2 fully saturated rings. The molecule has 2 heterocycles. The predicted molar refractivity (Wildman–Crippen MR) is 76.5 cm³/mol. The summed E-state index contributed by atoms with van der Waals surface area (Å²) in [7, 11) is 0. The highest BCUT2D eigenvalue weighted by Gasteiger charge is 2.53. The van der Waals surface area contributed by atoms with E-state index in [1.165, 1.54) is 11.8 Å². The largest absolute Gasteiger partial charge is 0.387 e. The van der Waals surface area contributed by atoms with Gasteiger partial charge in [0.15, 0.2) is 5.79 Å². The van der Waals surface area contributed by atoms with Crippen molar-refractivity contribution in [2.75, 3.05) is 0 Å². The van der Waals surface area contributed by atoms with E-state index in [9.17, 15) is 5.11 Å². The van der Waals surface area contributed by atoms with Crippen LogP contribution in [0.25, 0.3) is 0 Å². The first-order valence-corrected chi connectivity index (χ1v) is 7.75. The van der Waals surface area contributed by atoms with Crippen LogP contribution in [0.3, 0.4) is 0 Å². The van der Waals surface area contributed by atoms with E-state index in [-0.39, 0.29) is 23.7 Å². The first-order valence-electron chi connectivity index (χ1n) is 6.87. The van der Waals surface area contributed by atoms with Crippen molar-refractivity contribution in [3.8, 4) is 0 Å². The minimum Gasteiger partial charge on any atom is -0.387 e. The summed E-state index contributed by atoms with van der Waals surface area (Å²) < 4.78 is 17.6. The zero-order valence-corrected chi connectivity index (χ0v) is 12.7. The third-order valence-corrected chi connectivity index (χ3v) is 4.75. The van der Waals surface area contributed by atoms with Crippen molar-refractivity contribution in [3.05, 3.63) is 30.3 Å². The number of aliphatic hydroxyl groups excluding tert-OH is 1. The van der Waals surface area contributed by atoms with E-state index in [1.54, 1.807) is 0 Å². The van der Waals surface area contributed by atoms with Crippen LogP contribution in [0.5, 0.6) is 0 Å². The van der Waals surface area contributed by atoms with Crippen molar-refractivity contribution >= 4 is 11.8 Å². The molecule has 0 bridgehead atoms. The molecule has 0 amide bonds. The predicted octanol–water partition coefficient (Wildman–Crippen LogP) is 2.40.